The lowest BCUT2D eigenvalue weighted by Gasteiger charge is -2.17. The average molecular weight is 221 g/mol. The van der Waals surface area contributed by atoms with Gasteiger partial charge in [-0.1, -0.05) is 30.9 Å². The minimum atomic E-state index is -1.18. The van der Waals surface area contributed by atoms with Gasteiger partial charge in [-0.05, 0) is 17.2 Å². The lowest BCUT2D eigenvalue weighted by Crippen LogP contribution is -2.25. The van der Waals surface area contributed by atoms with Crippen molar-refractivity contribution in [1.82, 2.24) is 0 Å². The fourth-order valence-electron chi connectivity index (χ4n) is 1.41. The summed E-state index contributed by atoms with van der Waals surface area (Å²) < 4.78 is 0. The van der Waals surface area contributed by atoms with Crippen molar-refractivity contribution in [3.05, 3.63) is 42.0 Å². The van der Waals surface area contributed by atoms with E-state index in [0.717, 1.165) is 5.56 Å². The van der Waals surface area contributed by atoms with Crippen molar-refractivity contribution < 1.29 is 15.0 Å². The Balaban J connectivity index is 2.82. The molecule has 0 heterocycles. The first-order valence-electron chi connectivity index (χ1n) is 4.91. The molecule has 2 unspecified atom stereocenters. The van der Waals surface area contributed by atoms with E-state index in [-0.39, 0.29) is 6.42 Å². The quantitative estimate of drug-likeness (QED) is 0.680. The molecule has 0 radical (unpaired) electrons. The number of carbonyl (C=O) groups excluding carboxylic acids is 1. The molecule has 16 heavy (non-hydrogen) atoms. The molecule has 0 fully saturated rings. The number of primary amides is 1. The molecule has 4 heteroatoms. The maximum absolute atomic E-state index is 10.6. The summed E-state index contributed by atoms with van der Waals surface area (Å²) in [5.41, 5.74) is 6.31. The molecular weight excluding hydrogens is 206 g/mol. The number of amides is 1. The summed E-state index contributed by atoms with van der Waals surface area (Å²) in [7, 11) is 0. The van der Waals surface area contributed by atoms with E-state index in [1.807, 2.05) is 6.07 Å². The van der Waals surface area contributed by atoms with E-state index >= 15 is 0 Å². The van der Waals surface area contributed by atoms with Gasteiger partial charge in [-0.25, -0.2) is 0 Å². The van der Waals surface area contributed by atoms with Crippen LogP contribution in [0.25, 0.3) is 6.08 Å². The smallest absolute Gasteiger partial charge is 0.220 e. The first kappa shape index (κ1) is 12.4. The van der Waals surface area contributed by atoms with Crippen LogP contribution < -0.4 is 5.73 Å². The topological polar surface area (TPSA) is 83.6 Å². The number of rotatable bonds is 5. The molecule has 1 rings (SSSR count). The Morgan fingerprint density at radius 2 is 2.19 bits per heavy atom. The van der Waals surface area contributed by atoms with Crippen LogP contribution in [-0.2, 0) is 4.79 Å². The fourth-order valence-corrected chi connectivity index (χ4v) is 1.41. The number of carbonyl (C=O) groups is 1. The van der Waals surface area contributed by atoms with Crippen LogP contribution in [0.2, 0.25) is 0 Å². The van der Waals surface area contributed by atoms with E-state index in [4.69, 9.17) is 5.73 Å². The highest BCUT2D eigenvalue weighted by Gasteiger charge is 2.20. The number of hydrogen-bond acceptors (Lipinski definition) is 3. The summed E-state index contributed by atoms with van der Waals surface area (Å²) in [4.78, 5) is 10.6. The van der Waals surface area contributed by atoms with Gasteiger partial charge in [0.1, 0.15) is 6.10 Å². The molecule has 0 aliphatic rings. The zero-order valence-electron chi connectivity index (χ0n) is 8.84. The number of hydrogen-bond donors (Lipinski definition) is 3. The van der Waals surface area contributed by atoms with Crippen molar-refractivity contribution in [3.8, 4) is 0 Å². The lowest BCUT2D eigenvalue weighted by molar-refractivity contribution is -0.121. The second kappa shape index (κ2) is 5.44. The molecule has 0 aliphatic carbocycles. The molecule has 0 aromatic heterocycles. The monoisotopic (exact) mass is 221 g/mol. The predicted molar refractivity (Wildman–Crippen MR) is 61.3 cm³/mol. The van der Waals surface area contributed by atoms with Gasteiger partial charge in [0.15, 0.2) is 0 Å². The summed E-state index contributed by atoms with van der Waals surface area (Å²) >= 11 is 0. The van der Waals surface area contributed by atoms with Crippen LogP contribution in [0, 0.1) is 0 Å². The number of benzene rings is 1. The molecule has 1 aromatic carbocycles. The summed E-state index contributed by atoms with van der Waals surface area (Å²) in [6.07, 6.45) is -0.930. The summed E-state index contributed by atoms with van der Waals surface area (Å²) in [5, 5.41) is 19.3. The zero-order valence-corrected chi connectivity index (χ0v) is 8.84. The van der Waals surface area contributed by atoms with Gasteiger partial charge in [-0.3, -0.25) is 4.79 Å². The Kier molecular flexibility index (Phi) is 4.22. The normalized spacial score (nSPS) is 14.1. The maximum Gasteiger partial charge on any atom is 0.220 e. The molecule has 4 N–H and O–H groups in total. The van der Waals surface area contributed by atoms with E-state index in [9.17, 15) is 15.0 Å². The van der Waals surface area contributed by atoms with Gasteiger partial charge in [-0.15, -0.1) is 0 Å². The minimum Gasteiger partial charge on any atom is -0.390 e. The molecule has 0 spiro atoms. The Bertz CT molecular complexity index is 390. The van der Waals surface area contributed by atoms with Crippen LogP contribution in [0.4, 0.5) is 0 Å². The Hall–Kier alpha value is -1.65. The van der Waals surface area contributed by atoms with Crippen molar-refractivity contribution in [2.45, 2.75) is 18.6 Å². The van der Waals surface area contributed by atoms with Crippen LogP contribution >= 0.6 is 0 Å². The average Bonchev–Trinajstić information content (AvgIpc) is 2.27. The molecule has 0 saturated heterocycles. The Morgan fingerprint density at radius 1 is 1.50 bits per heavy atom. The van der Waals surface area contributed by atoms with Crippen LogP contribution in [0.3, 0.4) is 0 Å². The van der Waals surface area contributed by atoms with Crippen LogP contribution in [0.1, 0.15) is 23.7 Å². The van der Waals surface area contributed by atoms with Gasteiger partial charge < -0.3 is 15.9 Å². The largest absolute Gasteiger partial charge is 0.390 e. The van der Waals surface area contributed by atoms with E-state index in [2.05, 4.69) is 6.58 Å². The van der Waals surface area contributed by atoms with Crippen molar-refractivity contribution in [1.29, 1.82) is 0 Å². The third-order valence-electron chi connectivity index (χ3n) is 2.26. The molecule has 1 aromatic rings. The highest BCUT2D eigenvalue weighted by atomic mass is 16.3. The van der Waals surface area contributed by atoms with Gasteiger partial charge in [-0.2, -0.15) is 0 Å². The highest BCUT2D eigenvalue weighted by Crippen LogP contribution is 2.20. The Morgan fingerprint density at radius 3 is 2.75 bits per heavy atom. The van der Waals surface area contributed by atoms with Crippen LogP contribution in [-0.4, -0.2) is 22.2 Å². The van der Waals surface area contributed by atoms with Crippen LogP contribution in [0.5, 0.6) is 0 Å². The first-order valence-corrected chi connectivity index (χ1v) is 4.91. The molecule has 0 aliphatic heterocycles. The molecule has 0 bridgehead atoms. The van der Waals surface area contributed by atoms with Crippen LogP contribution in [0.15, 0.2) is 30.8 Å². The van der Waals surface area contributed by atoms with E-state index in [1.165, 1.54) is 0 Å². The minimum absolute atomic E-state index is 0.264. The summed E-state index contributed by atoms with van der Waals surface area (Å²) in [6.45, 7) is 3.61. The Labute approximate surface area is 94.0 Å². The van der Waals surface area contributed by atoms with Crippen molar-refractivity contribution >= 4 is 12.0 Å². The predicted octanol–water partition coefficient (Wildman–Crippen LogP) is 0.599. The second-order valence-electron chi connectivity index (χ2n) is 3.56. The van der Waals surface area contributed by atoms with Gasteiger partial charge in [0, 0.05) is 0 Å². The third-order valence-corrected chi connectivity index (χ3v) is 2.26. The summed E-state index contributed by atoms with van der Waals surface area (Å²) in [5.74, 6) is -0.647. The number of nitrogens with two attached hydrogens (primary N) is 1. The second-order valence-corrected chi connectivity index (χ2v) is 3.56. The molecule has 0 saturated carbocycles. The first-order chi connectivity index (χ1) is 7.54. The molecular formula is C12H15NO3. The number of aliphatic hydroxyl groups excluding tert-OH is 2. The molecule has 2 atom stereocenters. The van der Waals surface area contributed by atoms with Gasteiger partial charge >= 0.3 is 0 Å². The van der Waals surface area contributed by atoms with Gasteiger partial charge in [0.2, 0.25) is 5.91 Å². The fraction of sp³-hybridized carbons (Fsp3) is 0.250. The molecule has 4 nitrogen and oxygen atoms in total. The molecule has 1 amide bonds. The van der Waals surface area contributed by atoms with Crippen molar-refractivity contribution in [2.24, 2.45) is 5.73 Å². The zero-order chi connectivity index (χ0) is 12.1. The van der Waals surface area contributed by atoms with Crippen molar-refractivity contribution in [3.63, 3.8) is 0 Å². The lowest BCUT2D eigenvalue weighted by atomic mass is 10.00. The SMILES string of the molecule is C=Cc1cccc(C(O)C(O)CC(N)=O)c1. The van der Waals surface area contributed by atoms with E-state index in [1.54, 1.807) is 24.3 Å². The van der Waals surface area contributed by atoms with Gasteiger partial charge in [0.05, 0.1) is 12.5 Å². The summed E-state index contributed by atoms with van der Waals surface area (Å²) in [6, 6.07) is 6.93. The van der Waals surface area contributed by atoms with Gasteiger partial charge in [0.25, 0.3) is 0 Å². The maximum atomic E-state index is 10.6. The van der Waals surface area contributed by atoms with E-state index in [0.29, 0.717) is 5.56 Å². The molecule has 86 valence electrons. The third kappa shape index (κ3) is 3.18. The standard InChI is InChI=1S/C12H15NO3/c1-2-8-4-3-5-9(6-8)12(16)10(14)7-11(13)15/h2-6,10,12,14,16H,1,7H2,(H2,13,15). The number of aliphatic hydroxyl groups is 2. The van der Waals surface area contributed by atoms with E-state index < -0.39 is 18.1 Å². The van der Waals surface area contributed by atoms with Crippen molar-refractivity contribution in [2.75, 3.05) is 0 Å². The highest BCUT2D eigenvalue weighted by molar-refractivity contribution is 5.74.